The molecule has 0 aliphatic carbocycles. The van der Waals surface area contributed by atoms with Gasteiger partial charge in [-0.05, 0) is 49.9 Å². The van der Waals surface area contributed by atoms with Gasteiger partial charge in [0.05, 0.1) is 6.61 Å². The highest BCUT2D eigenvalue weighted by atomic mass is 35.5. The monoisotopic (exact) mass is 481 g/mol. The predicted molar refractivity (Wildman–Crippen MR) is 131 cm³/mol. The van der Waals surface area contributed by atoms with Gasteiger partial charge in [-0.3, -0.25) is 14.3 Å². The van der Waals surface area contributed by atoms with Gasteiger partial charge in [-0.15, -0.1) is 23.7 Å². The molecule has 0 bridgehead atoms. The summed E-state index contributed by atoms with van der Waals surface area (Å²) in [6.45, 7) is 7.83. The molecule has 0 atom stereocenters. The summed E-state index contributed by atoms with van der Waals surface area (Å²) in [5.41, 5.74) is 1.72. The van der Waals surface area contributed by atoms with Crippen LogP contribution in [0.4, 0.5) is 5.69 Å². The van der Waals surface area contributed by atoms with E-state index in [1.54, 1.807) is 28.2 Å². The molecule has 1 saturated heterocycles. The van der Waals surface area contributed by atoms with Crippen molar-refractivity contribution in [3.05, 3.63) is 50.4 Å². The van der Waals surface area contributed by atoms with E-state index in [-0.39, 0.29) is 17.3 Å². The summed E-state index contributed by atoms with van der Waals surface area (Å²) in [5.74, 6) is -0.410. The van der Waals surface area contributed by atoms with Crippen LogP contribution >= 0.6 is 35.1 Å². The lowest BCUT2D eigenvalue weighted by atomic mass is 10.1. The van der Waals surface area contributed by atoms with Crippen molar-refractivity contribution in [1.29, 1.82) is 0 Å². The zero-order valence-electron chi connectivity index (χ0n) is 17.6. The Morgan fingerprint density at radius 3 is 2.61 bits per heavy atom. The first-order chi connectivity index (χ1) is 14.7. The van der Waals surface area contributed by atoms with Crippen LogP contribution in [0, 0.1) is 0 Å². The average Bonchev–Trinajstić information content (AvgIpc) is 3.38. The third-order valence-electron chi connectivity index (χ3n) is 5.56. The number of carbonyl (C=O) groups is 1. The molecule has 6 nitrogen and oxygen atoms in total. The maximum atomic E-state index is 12.0. The Labute approximate surface area is 196 Å². The molecule has 3 heterocycles. The normalized spacial score (nSPS) is 14.5. The zero-order chi connectivity index (χ0) is 20.9. The minimum Gasteiger partial charge on any atom is -0.461 e. The van der Waals surface area contributed by atoms with Gasteiger partial charge in [0.1, 0.15) is 5.69 Å². The number of piperazine rings is 1. The standard InChI is InChI=1S/C22H27N3O3S2.ClH/c1-2-28-21(26)19-16-30-22(27)25(19)10-4-3-9-23-11-13-24(14-12-23)18-6-5-7-20-17(18)8-15-29-20;/h5-8,15-16H,2-4,9-14H2,1H3;1H. The minimum absolute atomic E-state index is 0. The Morgan fingerprint density at radius 1 is 1.06 bits per heavy atom. The van der Waals surface area contributed by atoms with Crippen molar-refractivity contribution in [2.45, 2.75) is 26.3 Å². The quantitative estimate of drug-likeness (QED) is 0.354. The van der Waals surface area contributed by atoms with E-state index in [0.29, 0.717) is 18.8 Å². The van der Waals surface area contributed by atoms with Gasteiger partial charge in [0.15, 0.2) is 0 Å². The number of hydrogen-bond donors (Lipinski definition) is 0. The average molecular weight is 482 g/mol. The Bertz CT molecular complexity index is 1050. The van der Waals surface area contributed by atoms with Crippen molar-refractivity contribution in [3.8, 4) is 0 Å². The van der Waals surface area contributed by atoms with E-state index in [1.807, 2.05) is 0 Å². The zero-order valence-corrected chi connectivity index (χ0v) is 20.1. The number of thiophene rings is 1. The number of anilines is 1. The van der Waals surface area contributed by atoms with Gasteiger partial charge in [-0.1, -0.05) is 17.4 Å². The summed E-state index contributed by atoms with van der Waals surface area (Å²) in [5, 5.41) is 5.12. The maximum absolute atomic E-state index is 12.0. The number of fused-ring (bicyclic) bond motifs is 1. The predicted octanol–water partition coefficient (Wildman–Crippen LogP) is 4.33. The number of benzene rings is 1. The molecular weight excluding hydrogens is 454 g/mol. The molecule has 168 valence electrons. The highest BCUT2D eigenvalue weighted by molar-refractivity contribution is 7.17. The number of esters is 1. The summed E-state index contributed by atoms with van der Waals surface area (Å²) < 4.78 is 7.95. The van der Waals surface area contributed by atoms with Crippen LogP contribution in [0.3, 0.4) is 0 Å². The second-order valence-corrected chi connectivity index (χ2v) is 9.17. The summed E-state index contributed by atoms with van der Waals surface area (Å²) in [6, 6.07) is 8.78. The van der Waals surface area contributed by atoms with Gasteiger partial charge in [0.2, 0.25) is 0 Å². The number of halogens is 1. The summed E-state index contributed by atoms with van der Waals surface area (Å²) in [7, 11) is 0. The van der Waals surface area contributed by atoms with Gasteiger partial charge in [-0.25, -0.2) is 4.79 Å². The molecule has 0 radical (unpaired) electrons. The lowest BCUT2D eigenvalue weighted by molar-refractivity contribution is 0.0513. The number of nitrogens with zero attached hydrogens (tertiary/aromatic N) is 3. The van der Waals surface area contributed by atoms with Crippen molar-refractivity contribution < 1.29 is 9.53 Å². The fourth-order valence-corrected chi connectivity index (χ4v) is 5.54. The van der Waals surface area contributed by atoms with E-state index < -0.39 is 5.97 Å². The molecule has 4 rings (SSSR count). The molecule has 0 spiro atoms. The Balaban J connectivity index is 0.00000272. The minimum atomic E-state index is -0.410. The Kier molecular flexibility index (Phi) is 8.54. The molecule has 9 heteroatoms. The smallest absolute Gasteiger partial charge is 0.355 e. The van der Waals surface area contributed by atoms with Crippen LogP contribution in [0.5, 0.6) is 0 Å². The number of aromatic nitrogens is 1. The highest BCUT2D eigenvalue weighted by Crippen LogP contribution is 2.31. The molecule has 1 fully saturated rings. The van der Waals surface area contributed by atoms with Crippen LogP contribution in [-0.2, 0) is 11.3 Å². The van der Waals surface area contributed by atoms with Crippen LogP contribution in [-0.4, -0.2) is 54.8 Å². The summed E-state index contributed by atoms with van der Waals surface area (Å²) >= 11 is 2.86. The fourth-order valence-electron chi connectivity index (χ4n) is 3.98. The number of rotatable bonds is 8. The van der Waals surface area contributed by atoms with Crippen molar-refractivity contribution in [3.63, 3.8) is 0 Å². The molecule has 0 saturated carbocycles. The molecule has 31 heavy (non-hydrogen) atoms. The lowest BCUT2D eigenvalue weighted by Crippen LogP contribution is -2.46. The molecule has 0 unspecified atom stereocenters. The second kappa shape index (κ2) is 11.1. The molecule has 0 N–H and O–H groups in total. The van der Waals surface area contributed by atoms with Crippen molar-refractivity contribution in [1.82, 2.24) is 9.47 Å². The van der Waals surface area contributed by atoms with E-state index in [4.69, 9.17) is 4.74 Å². The third-order valence-corrected chi connectivity index (χ3v) is 7.20. The number of ether oxygens (including phenoxy) is 1. The van der Waals surface area contributed by atoms with Crippen LogP contribution in [0.15, 0.2) is 39.8 Å². The second-order valence-electron chi connectivity index (χ2n) is 7.40. The largest absolute Gasteiger partial charge is 0.461 e. The van der Waals surface area contributed by atoms with Gasteiger partial charge in [0.25, 0.3) is 0 Å². The first-order valence-corrected chi connectivity index (χ1v) is 12.2. The van der Waals surface area contributed by atoms with E-state index >= 15 is 0 Å². The first kappa shape index (κ1) is 23.8. The number of thiazole rings is 1. The van der Waals surface area contributed by atoms with Gasteiger partial charge in [0, 0.05) is 53.9 Å². The van der Waals surface area contributed by atoms with Gasteiger partial charge < -0.3 is 9.64 Å². The SMILES string of the molecule is CCOC(=O)c1csc(=O)n1CCCCN1CCN(c2cccc3sccc23)CC1.Cl. The lowest BCUT2D eigenvalue weighted by Gasteiger charge is -2.36. The number of unbranched alkanes of at least 4 members (excludes halogenated alkanes) is 1. The van der Waals surface area contributed by atoms with Gasteiger partial charge >= 0.3 is 10.8 Å². The molecule has 3 aromatic rings. The molecule has 1 aliphatic heterocycles. The molecule has 1 aromatic carbocycles. The number of carbonyl (C=O) groups excluding carboxylic acids is 1. The molecule has 1 aliphatic rings. The van der Waals surface area contributed by atoms with E-state index in [9.17, 15) is 9.59 Å². The summed E-state index contributed by atoms with van der Waals surface area (Å²) in [4.78, 5) is 28.9. The van der Waals surface area contributed by atoms with Crippen molar-refractivity contribution in [2.75, 3.05) is 44.2 Å². The van der Waals surface area contributed by atoms with Crippen molar-refractivity contribution in [2.24, 2.45) is 0 Å². The van der Waals surface area contributed by atoms with Gasteiger partial charge in [-0.2, -0.15) is 0 Å². The van der Waals surface area contributed by atoms with Crippen LogP contribution in [0.25, 0.3) is 10.1 Å². The Hall–Kier alpha value is -1.87. The van der Waals surface area contributed by atoms with E-state index in [0.717, 1.165) is 56.9 Å². The number of hydrogen-bond acceptors (Lipinski definition) is 7. The maximum Gasteiger partial charge on any atom is 0.355 e. The summed E-state index contributed by atoms with van der Waals surface area (Å²) in [6.07, 6.45) is 1.88. The molecule has 2 aromatic heterocycles. The third kappa shape index (κ3) is 5.49. The topological polar surface area (TPSA) is 54.8 Å². The van der Waals surface area contributed by atoms with Crippen LogP contribution in [0.2, 0.25) is 0 Å². The van der Waals surface area contributed by atoms with E-state index in [1.165, 1.54) is 15.8 Å². The Morgan fingerprint density at radius 2 is 1.84 bits per heavy atom. The van der Waals surface area contributed by atoms with Crippen LogP contribution < -0.4 is 9.77 Å². The first-order valence-electron chi connectivity index (χ1n) is 10.5. The fraction of sp³-hybridized carbons (Fsp3) is 0.455. The van der Waals surface area contributed by atoms with Crippen LogP contribution in [0.1, 0.15) is 30.3 Å². The van der Waals surface area contributed by atoms with E-state index in [2.05, 4.69) is 39.4 Å². The molecular formula is C22H28ClN3O3S2. The highest BCUT2D eigenvalue weighted by Gasteiger charge is 2.19. The van der Waals surface area contributed by atoms with Crippen molar-refractivity contribution >= 4 is 56.8 Å². The molecule has 0 amide bonds.